The molecule has 12 nitrogen and oxygen atoms in total. The number of methoxy groups -OCH3 is 7. The van der Waals surface area contributed by atoms with Gasteiger partial charge in [-0.2, -0.15) is 0 Å². The summed E-state index contributed by atoms with van der Waals surface area (Å²) in [5.74, 6) is 3.51. The van der Waals surface area contributed by atoms with Crippen molar-refractivity contribution < 1.29 is 42.4 Å². The van der Waals surface area contributed by atoms with Crippen LogP contribution < -0.4 is 44.1 Å². The van der Waals surface area contributed by atoms with Crippen LogP contribution in [0.4, 0.5) is 0 Å². The summed E-state index contributed by atoms with van der Waals surface area (Å²) in [7, 11) is 11.0. The fourth-order valence-corrected chi connectivity index (χ4v) is 7.20. The first-order valence-electron chi connectivity index (χ1n) is 17.4. The first-order valence-corrected chi connectivity index (χ1v) is 17.4. The summed E-state index contributed by atoms with van der Waals surface area (Å²) in [6.07, 6.45) is 1.20. The zero-order chi connectivity index (χ0) is 38.1. The van der Waals surface area contributed by atoms with Gasteiger partial charge in [0.2, 0.25) is 0 Å². The number of ether oxygens (including phenoxy) is 7. The van der Waals surface area contributed by atoms with E-state index in [1.54, 1.807) is 58.3 Å². The van der Waals surface area contributed by atoms with E-state index >= 15 is 0 Å². The Morgan fingerprint density at radius 2 is 1.33 bits per heavy atom. The SMILES string of the molecule is COc1ccc(C2CC2NC(=O)c2c(-c3ccc(OC)c(OC)c3)c3c4cc(OC)c(OC)cc4oc(=O)c3n2CCc2ccc(OC)c(OC)c2)cc1. The summed E-state index contributed by atoms with van der Waals surface area (Å²) in [6.45, 7) is 0.248. The van der Waals surface area contributed by atoms with E-state index in [0.717, 1.165) is 23.3 Å². The Bertz CT molecular complexity index is 2410. The van der Waals surface area contributed by atoms with Gasteiger partial charge in [0.15, 0.2) is 34.5 Å². The average molecular weight is 735 g/mol. The maximum absolute atomic E-state index is 14.9. The van der Waals surface area contributed by atoms with Crippen LogP contribution in [-0.2, 0) is 13.0 Å². The first-order chi connectivity index (χ1) is 26.3. The molecule has 6 aromatic rings. The van der Waals surface area contributed by atoms with Crippen LogP contribution in [0.1, 0.15) is 34.0 Å². The molecule has 54 heavy (non-hydrogen) atoms. The van der Waals surface area contributed by atoms with Gasteiger partial charge in [-0.05, 0) is 72.0 Å². The molecule has 2 unspecified atom stereocenters. The summed E-state index contributed by atoms with van der Waals surface area (Å²) in [5, 5.41) is 4.37. The van der Waals surface area contributed by atoms with E-state index in [2.05, 4.69) is 5.32 Å². The zero-order valence-electron chi connectivity index (χ0n) is 31.2. The molecule has 1 fully saturated rings. The van der Waals surface area contributed by atoms with Crippen molar-refractivity contribution in [3.8, 4) is 51.4 Å². The Morgan fingerprint density at radius 1 is 0.722 bits per heavy atom. The van der Waals surface area contributed by atoms with Crippen LogP contribution in [0.3, 0.4) is 0 Å². The maximum atomic E-state index is 14.9. The number of nitrogens with zero attached hydrogens (tertiary/aromatic N) is 1. The summed E-state index contributed by atoms with van der Waals surface area (Å²) >= 11 is 0. The minimum absolute atomic E-state index is 0.122. The molecule has 1 amide bonds. The number of rotatable bonds is 14. The third kappa shape index (κ3) is 6.48. The van der Waals surface area contributed by atoms with Crippen molar-refractivity contribution in [3.05, 3.63) is 100 Å². The standard InChI is InChI=1S/C42H42N2O10/c1-47-26-12-9-24(10-13-26)27-20-29(27)43-41(45)39-37(25-11-15-31(49-3)34(19-25)51-5)38-28-21-35(52-6)36(53-7)22-32(28)54-42(46)40(38)44(39)17-16-23-8-14-30(48-2)33(18-23)50-4/h8-15,18-19,21-22,27,29H,16-17,20H2,1-7H3,(H,43,45). The number of amides is 1. The molecular formula is C42H42N2O10. The molecule has 2 atom stereocenters. The second-order valence-electron chi connectivity index (χ2n) is 12.9. The van der Waals surface area contributed by atoms with Crippen LogP contribution in [0.15, 0.2) is 82.0 Å². The highest BCUT2D eigenvalue weighted by Gasteiger charge is 2.41. The number of hydrogen-bond donors (Lipinski definition) is 1. The molecule has 7 rings (SSSR count). The van der Waals surface area contributed by atoms with Gasteiger partial charge in [-0.25, -0.2) is 4.79 Å². The largest absolute Gasteiger partial charge is 0.497 e. The van der Waals surface area contributed by atoms with Gasteiger partial charge in [0.25, 0.3) is 5.91 Å². The summed E-state index contributed by atoms with van der Waals surface area (Å²) in [6, 6.07) is 22.2. The molecule has 2 heterocycles. The lowest BCUT2D eigenvalue weighted by molar-refractivity contribution is 0.0942. The minimum atomic E-state index is -0.611. The molecule has 1 saturated carbocycles. The number of nitrogens with one attached hydrogen (secondary N) is 1. The molecule has 1 N–H and O–H groups in total. The van der Waals surface area contributed by atoms with Crippen LogP contribution in [0.2, 0.25) is 0 Å². The van der Waals surface area contributed by atoms with Gasteiger partial charge in [-0.15, -0.1) is 0 Å². The molecule has 0 aliphatic heterocycles. The molecule has 0 bridgehead atoms. The van der Waals surface area contributed by atoms with Crippen LogP contribution >= 0.6 is 0 Å². The van der Waals surface area contributed by atoms with Crippen molar-refractivity contribution in [1.29, 1.82) is 0 Å². The molecule has 2 aromatic heterocycles. The first kappa shape index (κ1) is 36.1. The molecule has 1 aliphatic carbocycles. The van der Waals surface area contributed by atoms with Gasteiger partial charge in [-0.3, -0.25) is 4.79 Å². The van der Waals surface area contributed by atoms with E-state index in [4.69, 9.17) is 37.6 Å². The van der Waals surface area contributed by atoms with E-state index in [1.807, 2.05) is 54.6 Å². The van der Waals surface area contributed by atoms with Gasteiger partial charge < -0.3 is 47.5 Å². The fourth-order valence-electron chi connectivity index (χ4n) is 7.20. The maximum Gasteiger partial charge on any atom is 0.361 e. The Labute approximate surface area is 312 Å². The van der Waals surface area contributed by atoms with Crippen LogP contribution in [0.5, 0.6) is 40.2 Å². The van der Waals surface area contributed by atoms with Gasteiger partial charge in [0.1, 0.15) is 22.5 Å². The van der Waals surface area contributed by atoms with Crippen molar-refractivity contribution in [3.63, 3.8) is 0 Å². The molecule has 0 saturated heterocycles. The van der Waals surface area contributed by atoms with Crippen molar-refractivity contribution in [2.75, 3.05) is 49.8 Å². The molecule has 280 valence electrons. The van der Waals surface area contributed by atoms with E-state index in [1.165, 1.54) is 14.2 Å². The fraction of sp³-hybridized carbons (Fsp3) is 0.286. The highest BCUT2D eigenvalue weighted by Crippen LogP contribution is 2.45. The van der Waals surface area contributed by atoms with E-state index in [0.29, 0.717) is 68.5 Å². The van der Waals surface area contributed by atoms with Gasteiger partial charge in [-0.1, -0.05) is 24.3 Å². The van der Waals surface area contributed by atoms with Crippen LogP contribution in [0, 0.1) is 0 Å². The van der Waals surface area contributed by atoms with Crippen molar-refractivity contribution in [2.45, 2.75) is 31.3 Å². The second-order valence-corrected chi connectivity index (χ2v) is 12.9. The van der Waals surface area contributed by atoms with E-state index < -0.39 is 5.63 Å². The third-order valence-corrected chi connectivity index (χ3v) is 10.0. The molecule has 1 aliphatic rings. The highest BCUT2D eigenvalue weighted by molar-refractivity contribution is 6.18. The van der Waals surface area contributed by atoms with Gasteiger partial charge >= 0.3 is 5.63 Å². The number of benzene rings is 4. The molecular weight excluding hydrogens is 692 g/mol. The summed E-state index contributed by atoms with van der Waals surface area (Å²) in [4.78, 5) is 29.1. The van der Waals surface area contributed by atoms with Crippen LogP contribution in [0.25, 0.3) is 33.0 Å². The molecule has 0 radical (unpaired) electrons. The number of carbonyl (C=O) groups is 1. The molecule has 0 spiro atoms. The monoisotopic (exact) mass is 734 g/mol. The highest BCUT2D eigenvalue weighted by atomic mass is 16.5. The number of carbonyl (C=O) groups excluding carboxylic acids is 1. The lowest BCUT2D eigenvalue weighted by atomic mass is 9.98. The van der Waals surface area contributed by atoms with Gasteiger partial charge in [0, 0.05) is 40.9 Å². The summed E-state index contributed by atoms with van der Waals surface area (Å²) < 4.78 is 46.7. The Balaban J connectivity index is 1.46. The van der Waals surface area contributed by atoms with Crippen molar-refractivity contribution >= 4 is 27.8 Å². The number of fused-ring (bicyclic) bond motifs is 3. The predicted octanol–water partition coefficient (Wildman–Crippen LogP) is 7.00. The predicted molar refractivity (Wildman–Crippen MR) is 204 cm³/mol. The van der Waals surface area contributed by atoms with E-state index in [-0.39, 0.29) is 35.5 Å². The van der Waals surface area contributed by atoms with E-state index in [9.17, 15) is 9.59 Å². The number of aryl methyl sites for hydroxylation is 2. The van der Waals surface area contributed by atoms with Crippen molar-refractivity contribution in [1.82, 2.24) is 9.88 Å². The molecule has 4 aromatic carbocycles. The second kappa shape index (κ2) is 15.0. The number of hydrogen-bond acceptors (Lipinski definition) is 10. The smallest absolute Gasteiger partial charge is 0.361 e. The molecule has 12 heteroatoms. The third-order valence-electron chi connectivity index (χ3n) is 10.0. The lowest BCUT2D eigenvalue weighted by Crippen LogP contribution is -2.30. The Hall–Kier alpha value is -6.30. The number of aromatic nitrogens is 1. The van der Waals surface area contributed by atoms with Gasteiger partial charge in [0.05, 0.1) is 49.8 Å². The quantitative estimate of drug-likeness (QED) is 0.117. The topological polar surface area (TPSA) is 129 Å². The zero-order valence-corrected chi connectivity index (χ0v) is 31.2. The minimum Gasteiger partial charge on any atom is -0.497 e. The summed E-state index contributed by atoms with van der Waals surface area (Å²) in [5.41, 5.74) is 3.37. The normalized spacial score (nSPS) is 14.8. The lowest BCUT2D eigenvalue weighted by Gasteiger charge is -2.15. The van der Waals surface area contributed by atoms with Crippen LogP contribution in [-0.4, -0.2) is 66.3 Å². The Kier molecular flexibility index (Phi) is 10.0. The average Bonchev–Trinajstić information content (AvgIpc) is 3.88. The van der Waals surface area contributed by atoms with Crippen molar-refractivity contribution in [2.24, 2.45) is 0 Å². The Morgan fingerprint density at radius 3 is 1.98 bits per heavy atom.